The highest BCUT2D eigenvalue weighted by atomic mass is 35.5. The van der Waals surface area contributed by atoms with Crippen LogP contribution in [0.4, 0.5) is 0 Å². The SMILES string of the molecule is CC(NCC(O)Cn1cccn1)c1cccc(Cl)c1. The molecule has 102 valence electrons. The van der Waals surface area contributed by atoms with Crippen LogP contribution < -0.4 is 5.32 Å². The van der Waals surface area contributed by atoms with E-state index in [4.69, 9.17) is 11.6 Å². The summed E-state index contributed by atoms with van der Waals surface area (Å²) in [4.78, 5) is 0. The average molecular weight is 280 g/mol. The Morgan fingerprint density at radius 1 is 1.42 bits per heavy atom. The number of halogens is 1. The quantitative estimate of drug-likeness (QED) is 0.853. The summed E-state index contributed by atoms with van der Waals surface area (Å²) in [5.41, 5.74) is 1.11. The summed E-state index contributed by atoms with van der Waals surface area (Å²) in [6.45, 7) is 3.04. The lowest BCUT2D eigenvalue weighted by atomic mass is 10.1. The van der Waals surface area contributed by atoms with Gasteiger partial charge in [0.25, 0.3) is 0 Å². The van der Waals surface area contributed by atoms with Crippen LogP contribution in [0.2, 0.25) is 5.02 Å². The molecule has 0 saturated carbocycles. The summed E-state index contributed by atoms with van der Waals surface area (Å²) in [6.07, 6.45) is 3.07. The molecule has 2 rings (SSSR count). The van der Waals surface area contributed by atoms with E-state index >= 15 is 0 Å². The fourth-order valence-corrected chi connectivity index (χ4v) is 2.09. The number of aliphatic hydroxyl groups excluding tert-OH is 1. The van der Waals surface area contributed by atoms with Gasteiger partial charge in [0.2, 0.25) is 0 Å². The topological polar surface area (TPSA) is 50.1 Å². The molecule has 0 fully saturated rings. The maximum absolute atomic E-state index is 9.92. The third kappa shape index (κ3) is 4.35. The maximum atomic E-state index is 9.92. The predicted octanol–water partition coefficient (Wildman–Crippen LogP) is 2.25. The van der Waals surface area contributed by atoms with Crippen molar-refractivity contribution >= 4 is 11.6 Å². The van der Waals surface area contributed by atoms with E-state index in [9.17, 15) is 5.11 Å². The first-order valence-corrected chi connectivity index (χ1v) is 6.67. The smallest absolute Gasteiger partial charge is 0.0860 e. The Bertz CT molecular complexity index is 501. The van der Waals surface area contributed by atoms with Crippen LogP contribution in [0.1, 0.15) is 18.5 Å². The molecule has 0 aliphatic rings. The van der Waals surface area contributed by atoms with Gasteiger partial charge in [-0.1, -0.05) is 23.7 Å². The first-order valence-electron chi connectivity index (χ1n) is 6.29. The van der Waals surface area contributed by atoms with Crippen molar-refractivity contribution in [1.29, 1.82) is 0 Å². The number of hydrogen-bond acceptors (Lipinski definition) is 3. The molecular formula is C14H18ClN3O. The average Bonchev–Trinajstić information content (AvgIpc) is 2.88. The van der Waals surface area contributed by atoms with E-state index in [2.05, 4.69) is 10.4 Å². The number of benzene rings is 1. The molecule has 2 aromatic rings. The van der Waals surface area contributed by atoms with Crippen LogP contribution in [0, 0.1) is 0 Å². The van der Waals surface area contributed by atoms with E-state index < -0.39 is 6.10 Å². The largest absolute Gasteiger partial charge is 0.390 e. The molecule has 1 heterocycles. The van der Waals surface area contributed by atoms with Gasteiger partial charge in [-0.15, -0.1) is 0 Å². The number of hydrogen-bond donors (Lipinski definition) is 2. The van der Waals surface area contributed by atoms with E-state index in [-0.39, 0.29) is 6.04 Å². The van der Waals surface area contributed by atoms with Crippen molar-refractivity contribution < 1.29 is 5.11 Å². The number of aliphatic hydroxyl groups is 1. The van der Waals surface area contributed by atoms with Gasteiger partial charge in [-0.3, -0.25) is 4.68 Å². The van der Waals surface area contributed by atoms with Crippen LogP contribution in [0.3, 0.4) is 0 Å². The Morgan fingerprint density at radius 3 is 2.95 bits per heavy atom. The minimum atomic E-state index is -0.471. The number of rotatable bonds is 6. The van der Waals surface area contributed by atoms with Gasteiger partial charge in [0.1, 0.15) is 0 Å². The molecule has 0 radical (unpaired) electrons. The van der Waals surface area contributed by atoms with Crippen molar-refractivity contribution in [3.05, 3.63) is 53.3 Å². The van der Waals surface area contributed by atoms with Crippen LogP contribution in [-0.4, -0.2) is 27.5 Å². The predicted molar refractivity (Wildman–Crippen MR) is 76.1 cm³/mol. The molecule has 0 saturated heterocycles. The van der Waals surface area contributed by atoms with Crippen molar-refractivity contribution in [3.63, 3.8) is 0 Å². The second kappa shape index (κ2) is 6.70. The van der Waals surface area contributed by atoms with Crippen molar-refractivity contribution in [1.82, 2.24) is 15.1 Å². The molecule has 1 aromatic heterocycles. The van der Waals surface area contributed by atoms with Crippen molar-refractivity contribution in [2.45, 2.75) is 25.6 Å². The molecule has 1 aromatic carbocycles. The van der Waals surface area contributed by atoms with Gasteiger partial charge >= 0.3 is 0 Å². The van der Waals surface area contributed by atoms with Crippen LogP contribution in [-0.2, 0) is 6.54 Å². The summed E-state index contributed by atoms with van der Waals surface area (Å²) in [5, 5.41) is 18.0. The normalized spacial score (nSPS) is 14.3. The first-order chi connectivity index (χ1) is 9.15. The van der Waals surface area contributed by atoms with Gasteiger partial charge in [0, 0.05) is 30.0 Å². The Kier molecular flexibility index (Phi) is 4.96. The fraction of sp³-hybridized carbons (Fsp3) is 0.357. The Labute approximate surface area is 118 Å². The molecule has 0 spiro atoms. The Morgan fingerprint density at radius 2 is 2.26 bits per heavy atom. The van der Waals surface area contributed by atoms with Crippen LogP contribution in [0.5, 0.6) is 0 Å². The molecule has 2 atom stereocenters. The van der Waals surface area contributed by atoms with Crippen LogP contribution >= 0.6 is 11.6 Å². The third-order valence-electron chi connectivity index (χ3n) is 2.97. The highest BCUT2D eigenvalue weighted by Gasteiger charge is 2.09. The molecule has 4 nitrogen and oxygen atoms in total. The van der Waals surface area contributed by atoms with E-state index in [1.54, 1.807) is 10.9 Å². The van der Waals surface area contributed by atoms with E-state index in [1.807, 2.05) is 43.5 Å². The zero-order valence-corrected chi connectivity index (χ0v) is 11.6. The summed E-state index contributed by atoms with van der Waals surface area (Å²) in [6, 6.07) is 9.71. The lowest BCUT2D eigenvalue weighted by molar-refractivity contribution is 0.143. The van der Waals surface area contributed by atoms with E-state index in [0.717, 1.165) is 10.6 Å². The summed E-state index contributed by atoms with van der Waals surface area (Å²) in [7, 11) is 0. The molecule has 0 aliphatic heterocycles. The highest BCUT2D eigenvalue weighted by molar-refractivity contribution is 6.30. The molecule has 5 heteroatoms. The zero-order valence-electron chi connectivity index (χ0n) is 10.8. The summed E-state index contributed by atoms with van der Waals surface area (Å²) < 4.78 is 1.72. The molecular weight excluding hydrogens is 262 g/mol. The number of aromatic nitrogens is 2. The molecule has 0 amide bonds. The van der Waals surface area contributed by atoms with Gasteiger partial charge in [-0.2, -0.15) is 5.10 Å². The Hall–Kier alpha value is -1.36. The number of nitrogens with zero attached hydrogens (tertiary/aromatic N) is 2. The van der Waals surface area contributed by atoms with Gasteiger partial charge in [-0.05, 0) is 30.7 Å². The monoisotopic (exact) mass is 279 g/mol. The third-order valence-corrected chi connectivity index (χ3v) is 3.20. The molecule has 2 unspecified atom stereocenters. The van der Waals surface area contributed by atoms with Gasteiger partial charge in [0.05, 0.1) is 12.6 Å². The van der Waals surface area contributed by atoms with Crippen LogP contribution in [0.25, 0.3) is 0 Å². The van der Waals surface area contributed by atoms with Crippen molar-refractivity contribution in [2.75, 3.05) is 6.54 Å². The second-order valence-corrected chi connectivity index (χ2v) is 5.00. The first kappa shape index (κ1) is 14.1. The second-order valence-electron chi connectivity index (χ2n) is 4.57. The van der Waals surface area contributed by atoms with Crippen molar-refractivity contribution in [3.8, 4) is 0 Å². The van der Waals surface area contributed by atoms with Gasteiger partial charge < -0.3 is 10.4 Å². The lowest BCUT2D eigenvalue weighted by Gasteiger charge is -2.17. The molecule has 19 heavy (non-hydrogen) atoms. The fourth-order valence-electron chi connectivity index (χ4n) is 1.90. The van der Waals surface area contributed by atoms with Gasteiger partial charge in [0.15, 0.2) is 0 Å². The minimum absolute atomic E-state index is 0.144. The standard InChI is InChI=1S/C14H18ClN3O/c1-11(12-4-2-5-13(15)8-12)16-9-14(19)10-18-7-3-6-17-18/h2-8,11,14,16,19H,9-10H2,1H3. The van der Waals surface area contributed by atoms with E-state index in [0.29, 0.717) is 13.1 Å². The summed E-state index contributed by atoms with van der Waals surface area (Å²) >= 11 is 5.96. The Balaban J connectivity index is 1.81. The number of nitrogens with one attached hydrogen (secondary N) is 1. The maximum Gasteiger partial charge on any atom is 0.0860 e. The van der Waals surface area contributed by atoms with Crippen molar-refractivity contribution in [2.24, 2.45) is 0 Å². The molecule has 0 aliphatic carbocycles. The molecule has 0 bridgehead atoms. The van der Waals surface area contributed by atoms with Crippen LogP contribution in [0.15, 0.2) is 42.7 Å². The van der Waals surface area contributed by atoms with E-state index in [1.165, 1.54) is 0 Å². The van der Waals surface area contributed by atoms with Gasteiger partial charge in [-0.25, -0.2) is 0 Å². The molecule has 2 N–H and O–H groups in total. The highest BCUT2D eigenvalue weighted by Crippen LogP contribution is 2.17. The lowest BCUT2D eigenvalue weighted by Crippen LogP contribution is -2.32. The zero-order chi connectivity index (χ0) is 13.7. The minimum Gasteiger partial charge on any atom is -0.390 e. The summed E-state index contributed by atoms with van der Waals surface area (Å²) in [5.74, 6) is 0.